The van der Waals surface area contributed by atoms with E-state index in [1.165, 1.54) is 30.5 Å². The van der Waals surface area contributed by atoms with E-state index in [1.807, 2.05) is 0 Å². The Bertz CT molecular complexity index is 689. The van der Waals surface area contributed by atoms with Gasteiger partial charge in [0.2, 0.25) is 5.88 Å². The van der Waals surface area contributed by atoms with Gasteiger partial charge in [-0.1, -0.05) is 11.6 Å². The second-order valence-corrected chi connectivity index (χ2v) is 4.04. The van der Waals surface area contributed by atoms with Gasteiger partial charge in [0.05, 0.1) is 9.95 Å². The molecular formula is C12H7ClN2O5. The summed E-state index contributed by atoms with van der Waals surface area (Å²) in [6.07, 6.45) is 1.36. The van der Waals surface area contributed by atoms with Crippen LogP contribution in [0.2, 0.25) is 5.02 Å². The first kappa shape index (κ1) is 13.8. The fraction of sp³-hybridized carbons (Fsp3) is 0. The Labute approximate surface area is 117 Å². The summed E-state index contributed by atoms with van der Waals surface area (Å²) in [5, 5.41) is 19.6. The van der Waals surface area contributed by atoms with Gasteiger partial charge in [-0.2, -0.15) is 0 Å². The zero-order valence-corrected chi connectivity index (χ0v) is 10.6. The Hall–Kier alpha value is -2.67. The van der Waals surface area contributed by atoms with E-state index in [-0.39, 0.29) is 27.9 Å². The normalized spacial score (nSPS) is 10.1. The highest BCUT2D eigenvalue weighted by atomic mass is 35.5. The lowest BCUT2D eigenvalue weighted by atomic mass is 10.2. The van der Waals surface area contributed by atoms with Gasteiger partial charge >= 0.3 is 5.97 Å². The van der Waals surface area contributed by atoms with Crippen LogP contribution in [0.15, 0.2) is 36.5 Å². The lowest BCUT2D eigenvalue weighted by molar-refractivity contribution is -0.384. The van der Waals surface area contributed by atoms with Crippen molar-refractivity contribution in [2.75, 3.05) is 0 Å². The summed E-state index contributed by atoms with van der Waals surface area (Å²) in [6.45, 7) is 0. The smallest absolute Gasteiger partial charge is 0.341 e. The number of carboxylic acid groups (broad SMARTS) is 1. The fourth-order valence-corrected chi connectivity index (χ4v) is 1.64. The maximum absolute atomic E-state index is 11.0. The molecule has 2 aromatic rings. The van der Waals surface area contributed by atoms with Crippen molar-refractivity contribution in [1.29, 1.82) is 0 Å². The maximum atomic E-state index is 11.0. The van der Waals surface area contributed by atoms with Gasteiger partial charge in [0.25, 0.3) is 5.69 Å². The molecule has 8 heteroatoms. The molecule has 2 rings (SSSR count). The number of rotatable bonds is 4. The third-order valence-electron chi connectivity index (χ3n) is 2.33. The monoisotopic (exact) mass is 294 g/mol. The zero-order valence-electron chi connectivity index (χ0n) is 9.82. The van der Waals surface area contributed by atoms with E-state index in [0.717, 1.165) is 6.07 Å². The lowest BCUT2D eigenvalue weighted by Gasteiger charge is -2.08. The van der Waals surface area contributed by atoms with Gasteiger partial charge in [0.1, 0.15) is 11.3 Å². The molecule has 20 heavy (non-hydrogen) atoms. The molecule has 0 saturated heterocycles. The van der Waals surface area contributed by atoms with Gasteiger partial charge in [-0.3, -0.25) is 10.1 Å². The molecule has 0 saturated carbocycles. The van der Waals surface area contributed by atoms with E-state index in [2.05, 4.69) is 4.98 Å². The average molecular weight is 295 g/mol. The third kappa shape index (κ3) is 2.83. The van der Waals surface area contributed by atoms with E-state index < -0.39 is 10.9 Å². The Balaban J connectivity index is 2.36. The van der Waals surface area contributed by atoms with Crippen LogP contribution < -0.4 is 4.74 Å². The summed E-state index contributed by atoms with van der Waals surface area (Å²) in [5.41, 5.74) is -0.330. The number of hydrogen-bond acceptors (Lipinski definition) is 5. The first-order valence-corrected chi connectivity index (χ1v) is 5.67. The van der Waals surface area contributed by atoms with Crippen LogP contribution in [-0.2, 0) is 0 Å². The summed E-state index contributed by atoms with van der Waals surface area (Å²) in [6, 6.07) is 6.36. The van der Waals surface area contributed by atoms with Crippen molar-refractivity contribution in [3.63, 3.8) is 0 Å². The summed E-state index contributed by atoms with van der Waals surface area (Å²) >= 11 is 5.85. The van der Waals surface area contributed by atoms with Gasteiger partial charge in [-0.15, -0.1) is 0 Å². The van der Waals surface area contributed by atoms with Gasteiger partial charge in [0, 0.05) is 18.3 Å². The van der Waals surface area contributed by atoms with Gasteiger partial charge in [-0.05, 0) is 18.2 Å². The first-order valence-electron chi connectivity index (χ1n) is 5.29. The summed E-state index contributed by atoms with van der Waals surface area (Å²) < 4.78 is 5.29. The molecule has 0 fully saturated rings. The number of halogens is 1. The quantitative estimate of drug-likeness (QED) is 0.686. The molecule has 1 aromatic carbocycles. The summed E-state index contributed by atoms with van der Waals surface area (Å²) in [5.74, 6) is -1.26. The molecule has 0 unspecified atom stereocenters. The second kappa shape index (κ2) is 5.54. The number of ether oxygens (including phenoxy) is 1. The van der Waals surface area contributed by atoms with Gasteiger partial charge in [0.15, 0.2) is 0 Å². The molecule has 7 nitrogen and oxygen atoms in total. The van der Waals surface area contributed by atoms with Gasteiger partial charge in [-0.25, -0.2) is 9.78 Å². The van der Waals surface area contributed by atoms with Crippen molar-refractivity contribution < 1.29 is 19.6 Å². The van der Waals surface area contributed by atoms with Crippen molar-refractivity contribution in [1.82, 2.24) is 4.98 Å². The van der Waals surface area contributed by atoms with Gasteiger partial charge < -0.3 is 9.84 Å². The number of hydrogen-bond donors (Lipinski definition) is 1. The van der Waals surface area contributed by atoms with Crippen molar-refractivity contribution >= 4 is 23.3 Å². The second-order valence-electron chi connectivity index (χ2n) is 3.64. The van der Waals surface area contributed by atoms with E-state index in [4.69, 9.17) is 21.4 Å². The molecule has 1 aromatic heterocycles. The van der Waals surface area contributed by atoms with Crippen molar-refractivity contribution in [3.05, 3.63) is 57.2 Å². The summed E-state index contributed by atoms with van der Waals surface area (Å²) in [7, 11) is 0. The molecule has 0 aliphatic rings. The number of nitro benzene ring substituents is 1. The van der Waals surface area contributed by atoms with Crippen LogP contribution in [0.5, 0.6) is 11.6 Å². The molecule has 0 bridgehead atoms. The van der Waals surface area contributed by atoms with E-state index in [9.17, 15) is 14.9 Å². The maximum Gasteiger partial charge on any atom is 0.341 e. The Morgan fingerprint density at radius 1 is 1.40 bits per heavy atom. The highest BCUT2D eigenvalue weighted by molar-refractivity contribution is 6.32. The average Bonchev–Trinajstić information content (AvgIpc) is 2.41. The standard InChI is InChI=1S/C12H7ClN2O5/c13-9-6-7(15(18)19)3-4-10(9)20-11-8(12(16)17)2-1-5-14-11/h1-6H,(H,16,17). The molecule has 1 N–H and O–H groups in total. The van der Waals surface area contributed by atoms with E-state index >= 15 is 0 Å². The largest absolute Gasteiger partial charge is 0.477 e. The molecular weight excluding hydrogens is 288 g/mol. The predicted molar refractivity (Wildman–Crippen MR) is 69.4 cm³/mol. The highest BCUT2D eigenvalue weighted by Gasteiger charge is 2.16. The van der Waals surface area contributed by atoms with E-state index in [1.54, 1.807) is 0 Å². The van der Waals surface area contributed by atoms with Crippen LogP contribution in [0.25, 0.3) is 0 Å². The SMILES string of the molecule is O=C(O)c1cccnc1Oc1ccc([N+](=O)[O-])cc1Cl. The molecule has 0 radical (unpaired) electrons. The molecule has 0 aliphatic carbocycles. The number of non-ortho nitro benzene ring substituents is 1. The number of aromatic carboxylic acids is 1. The first-order chi connectivity index (χ1) is 9.49. The number of carboxylic acids is 1. The van der Waals surface area contributed by atoms with Crippen LogP contribution >= 0.6 is 11.6 Å². The number of nitrogens with zero attached hydrogens (tertiary/aromatic N) is 2. The Kier molecular flexibility index (Phi) is 3.81. The molecule has 0 amide bonds. The van der Waals surface area contributed by atoms with E-state index in [0.29, 0.717) is 0 Å². The van der Waals surface area contributed by atoms with Crippen LogP contribution in [0, 0.1) is 10.1 Å². The van der Waals surface area contributed by atoms with Crippen molar-refractivity contribution in [2.45, 2.75) is 0 Å². The molecule has 102 valence electrons. The minimum atomic E-state index is -1.20. The molecule has 0 atom stereocenters. The molecule has 1 heterocycles. The zero-order chi connectivity index (χ0) is 14.7. The van der Waals surface area contributed by atoms with Crippen LogP contribution in [0.4, 0.5) is 5.69 Å². The Morgan fingerprint density at radius 2 is 2.15 bits per heavy atom. The summed E-state index contributed by atoms with van der Waals surface area (Å²) in [4.78, 5) is 24.8. The minimum Gasteiger partial charge on any atom is -0.477 e. The lowest BCUT2D eigenvalue weighted by Crippen LogP contribution is -2.01. The minimum absolute atomic E-state index is 0.0128. The van der Waals surface area contributed by atoms with Crippen LogP contribution in [0.3, 0.4) is 0 Å². The number of pyridine rings is 1. The molecule has 0 spiro atoms. The fourth-order valence-electron chi connectivity index (χ4n) is 1.43. The van der Waals surface area contributed by atoms with Crippen LogP contribution in [-0.4, -0.2) is 21.0 Å². The number of nitro groups is 1. The number of aromatic nitrogens is 1. The topological polar surface area (TPSA) is 103 Å². The van der Waals surface area contributed by atoms with Crippen molar-refractivity contribution in [2.24, 2.45) is 0 Å². The predicted octanol–water partition coefficient (Wildman–Crippen LogP) is 3.13. The van der Waals surface area contributed by atoms with Crippen molar-refractivity contribution in [3.8, 4) is 11.6 Å². The third-order valence-corrected chi connectivity index (χ3v) is 2.63. The number of benzene rings is 1. The van der Waals surface area contributed by atoms with Crippen LogP contribution in [0.1, 0.15) is 10.4 Å². The Morgan fingerprint density at radius 3 is 2.75 bits per heavy atom. The molecule has 0 aliphatic heterocycles. The highest BCUT2D eigenvalue weighted by Crippen LogP contribution is 2.32. The number of carbonyl (C=O) groups is 1.